The molecule has 0 amide bonds. The number of hydrogen-bond donors (Lipinski definition) is 2. The summed E-state index contributed by atoms with van der Waals surface area (Å²) in [5, 5.41) is 8.78. The minimum Gasteiger partial charge on any atom is -0.478 e. The van der Waals surface area contributed by atoms with Gasteiger partial charge in [0.15, 0.2) is 0 Å². The highest BCUT2D eigenvalue weighted by Crippen LogP contribution is 2.33. The first-order valence-electron chi connectivity index (χ1n) is 5.56. The highest BCUT2D eigenvalue weighted by atomic mass is 19.1. The summed E-state index contributed by atoms with van der Waals surface area (Å²) in [5.41, 5.74) is 6.26. The number of carbonyl (C=O) groups is 1. The molecule has 0 bridgehead atoms. The molecule has 1 aliphatic carbocycles. The summed E-state index contributed by atoms with van der Waals surface area (Å²) in [5.74, 6) is -2.04. The van der Waals surface area contributed by atoms with E-state index in [2.05, 4.69) is 0 Å². The highest BCUT2D eigenvalue weighted by Gasteiger charge is 2.25. The largest absolute Gasteiger partial charge is 0.478 e. The van der Waals surface area contributed by atoms with Crippen molar-refractivity contribution in [3.8, 4) is 0 Å². The van der Waals surface area contributed by atoms with Crippen molar-refractivity contribution in [3.63, 3.8) is 0 Å². The molecule has 1 fully saturated rings. The number of carboxylic acids is 1. The summed E-state index contributed by atoms with van der Waals surface area (Å²) in [7, 11) is 1.86. The van der Waals surface area contributed by atoms with Gasteiger partial charge in [-0.2, -0.15) is 0 Å². The Hall–Kier alpha value is -1.78. The van der Waals surface area contributed by atoms with Crippen molar-refractivity contribution >= 4 is 17.3 Å². The number of nitrogen functional groups attached to an aromatic ring is 1. The van der Waals surface area contributed by atoms with Gasteiger partial charge in [0.05, 0.1) is 16.9 Å². The molecule has 92 valence electrons. The number of carboxylic acid groups (broad SMARTS) is 1. The van der Waals surface area contributed by atoms with Gasteiger partial charge in [-0.1, -0.05) is 0 Å². The van der Waals surface area contributed by atoms with E-state index in [-0.39, 0.29) is 5.56 Å². The summed E-state index contributed by atoms with van der Waals surface area (Å²) in [6.45, 7) is 0. The van der Waals surface area contributed by atoms with Gasteiger partial charge in [0, 0.05) is 19.2 Å². The van der Waals surface area contributed by atoms with E-state index < -0.39 is 11.8 Å². The topological polar surface area (TPSA) is 66.6 Å². The Morgan fingerprint density at radius 2 is 2.18 bits per heavy atom. The van der Waals surface area contributed by atoms with E-state index in [0.717, 1.165) is 12.8 Å². The average molecular weight is 238 g/mol. The zero-order valence-electron chi connectivity index (χ0n) is 9.61. The van der Waals surface area contributed by atoms with Gasteiger partial charge in [0.2, 0.25) is 0 Å². The molecule has 4 nitrogen and oxygen atoms in total. The quantitative estimate of drug-likeness (QED) is 0.791. The number of aromatic carboxylic acids is 1. The smallest absolute Gasteiger partial charge is 0.338 e. The number of benzene rings is 1. The fourth-order valence-electron chi connectivity index (χ4n) is 2.02. The number of nitrogens with zero attached hydrogens (tertiary/aromatic N) is 1. The molecule has 0 radical (unpaired) electrons. The first kappa shape index (κ1) is 11.7. The first-order valence-corrected chi connectivity index (χ1v) is 5.56. The first-order chi connectivity index (χ1) is 8.00. The van der Waals surface area contributed by atoms with Gasteiger partial charge in [0.1, 0.15) is 5.82 Å². The minimum absolute atomic E-state index is 0.304. The second kappa shape index (κ2) is 4.24. The second-order valence-electron chi connectivity index (χ2n) is 4.39. The van der Waals surface area contributed by atoms with Crippen molar-refractivity contribution < 1.29 is 14.3 Å². The molecule has 1 aromatic carbocycles. The second-order valence-corrected chi connectivity index (χ2v) is 4.39. The van der Waals surface area contributed by atoms with Crippen LogP contribution >= 0.6 is 0 Å². The lowest BCUT2D eigenvalue weighted by atomic mass is 9.91. The zero-order valence-corrected chi connectivity index (χ0v) is 9.61. The minimum atomic E-state index is -1.30. The molecule has 1 aliphatic rings. The van der Waals surface area contributed by atoms with Crippen LogP contribution in [0.25, 0.3) is 0 Å². The lowest BCUT2D eigenvalue weighted by molar-refractivity contribution is 0.0692. The van der Waals surface area contributed by atoms with E-state index in [1.807, 2.05) is 11.9 Å². The van der Waals surface area contributed by atoms with Crippen molar-refractivity contribution in [3.05, 3.63) is 23.5 Å². The molecule has 0 saturated heterocycles. The lowest BCUT2D eigenvalue weighted by Crippen LogP contribution is -2.37. The maximum absolute atomic E-state index is 13.6. The van der Waals surface area contributed by atoms with E-state index >= 15 is 0 Å². The summed E-state index contributed by atoms with van der Waals surface area (Å²) in [4.78, 5) is 12.7. The molecule has 1 saturated carbocycles. The van der Waals surface area contributed by atoms with Crippen molar-refractivity contribution in [1.29, 1.82) is 0 Å². The zero-order chi connectivity index (χ0) is 12.6. The van der Waals surface area contributed by atoms with Gasteiger partial charge in [-0.15, -0.1) is 0 Å². The van der Waals surface area contributed by atoms with Crippen LogP contribution < -0.4 is 10.6 Å². The Kier molecular flexibility index (Phi) is 2.92. The van der Waals surface area contributed by atoms with Gasteiger partial charge >= 0.3 is 5.97 Å². The third kappa shape index (κ3) is 2.05. The summed E-state index contributed by atoms with van der Waals surface area (Å²) < 4.78 is 13.6. The Bertz CT molecular complexity index is 458. The maximum Gasteiger partial charge on any atom is 0.338 e. The van der Waals surface area contributed by atoms with Crippen LogP contribution in [0.5, 0.6) is 0 Å². The molecular formula is C12H15FN2O2. The molecular weight excluding hydrogens is 223 g/mol. The van der Waals surface area contributed by atoms with Crippen LogP contribution in [0.2, 0.25) is 0 Å². The third-order valence-electron chi connectivity index (χ3n) is 3.35. The lowest BCUT2D eigenvalue weighted by Gasteiger charge is -2.37. The molecule has 17 heavy (non-hydrogen) atoms. The SMILES string of the molecule is CN(c1cc(F)c(C(=O)O)cc1N)C1CCC1. The Labute approximate surface area is 98.8 Å². The fourth-order valence-corrected chi connectivity index (χ4v) is 2.02. The Morgan fingerprint density at radius 1 is 1.53 bits per heavy atom. The molecule has 0 aliphatic heterocycles. The number of anilines is 2. The summed E-state index contributed by atoms with van der Waals surface area (Å²) in [6.07, 6.45) is 3.31. The molecule has 0 aromatic heterocycles. The molecule has 3 N–H and O–H groups in total. The summed E-state index contributed by atoms with van der Waals surface area (Å²) >= 11 is 0. The average Bonchev–Trinajstić information content (AvgIpc) is 2.17. The predicted octanol–water partition coefficient (Wildman–Crippen LogP) is 2.09. The molecule has 0 heterocycles. The van der Waals surface area contributed by atoms with Crippen molar-refractivity contribution in [2.24, 2.45) is 0 Å². The molecule has 0 unspecified atom stereocenters. The number of hydrogen-bond acceptors (Lipinski definition) is 3. The van der Waals surface area contributed by atoms with E-state index in [0.29, 0.717) is 17.4 Å². The monoisotopic (exact) mass is 238 g/mol. The van der Waals surface area contributed by atoms with E-state index in [9.17, 15) is 9.18 Å². The molecule has 2 rings (SSSR count). The van der Waals surface area contributed by atoms with Crippen LogP contribution in [-0.2, 0) is 0 Å². The van der Waals surface area contributed by atoms with Crippen molar-refractivity contribution in [1.82, 2.24) is 0 Å². The molecule has 0 atom stereocenters. The van der Waals surface area contributed by atoms with Gasteiger partial charge < -0.3 is 15.7 Å². The van der Waals surface area contributed by atoms with E-state index in [1.54, 1.807) is 0 Å². The number of halogens is 1. The van der Waals surface area contributed by atoms with Gasteiger partial charge in [-0.05, 0) is 25.3 Å². The summed E-state index contributed by atoms with van der Waals surface area (Å²) in [6, 6.07) is 2.77. The standard InChI is InChI=1S/C12H15FN2O2/c1-15(7-3-2-4-7)11-6-9(13)8(12(16)17)5-10(11)14/h5-7H,2-4,14H2,1H3,(H,16,17). The van der Waals surface area contributed by atoms with E-state index in [4.69, 9.17) is 10.8 Å². The van der Waals surface area contributed by atoms with Crippen molar-refractivity contribution in [2.45, 2.75) is 25.3 Å². The van der Waals surface area contributed by atoms with Gasteiger partial charge in [-0.3, -0.25) is 0 Å². The fraction of sp³-hybridized carbons (Fsp3) is 0.417. The predicted molar refractivity (Wildman–Crippen MR) is 63.8 cm³/mol. The van der Waals surface area contributed by atoms with Crippen LogP contribution in [0.3, 0.4) is 0 Å². The Balaban J connectivity index is 2.35. The van der Waals surface area contributed by atoms with Crippen molar-refractivity contribution in [2.75, 3.05) is 17.7 Å². The number of nitrogens with two attached hydrogens (primary N) is 1. The van der Waals surface area contributed by atoms with Crippen LogP contribution in [0.4, 0.5) is 15.8 Å². The van der Waals surface area contributed by atoms with Crippen LogP contribution in [0.15, 0.2) is 12.1 Å². The molecule has 0 spiro atoms. The highest BCUT2D eigenvalue weighted by molar-refractivity contribution is 5.91. The van der Waals surface area contributed by atoms with Crippen LogP contribution in [-0.4, -0.2) is 24.2 Å². The third-order valence-corrected chi connectivity index (χ3v) is 3.35. The van der Waals surface area contributed by atoms with E-state index in [1.165, 1.54) is 18.6 Å². The molecule has 5 heteroatoms. The molecule has 1 aromatic rings. The van der Waals surface area contributed by atoms with Gasteiger partial charge in [0.25, 0.3) is 0 Å². The Morgan fingerprint density at radius 3 is 2.65 bits per heavy atom. The van der Waals surface area contributed by atoms with Crippen LogP contribution in [0.1, 0.15) is 29.6 Å². The van der Waals surface area contributed by atoms with Gasteiger partial charge in [-0.25, -0.2) is 9.18 Å². The maximum atomic E-state index is 13.6. The van der Waals surface area contributed by atoms with Crippen LogP contribution in [0, 0.1) is 5.82 Å². The normalized spacial score (nSPS) is 15.4. The number of rotatable bonds is 3.